The van der Waals surface area contributed by atoms with Gasteiger partial charge in [-0.25, -0.2) is 13.1 Å². The third-order valence-electron chi connectivity index (χ3n) is 3.54. The zero-order chi connectivity index (χ0) is 15.9. The van der Waals surface area contributed by atoms with Gasteiger partial charge in [0.05, 0.1) is 10.5 Å². The van der Waals surface area contributed by atoms with Crippen LogP contribution in [0.1, 0.15) is 38.8 Å². The summed E-state index contributed by atoms with van der Waals surface area (Å²) in [6.45, 7) is 1.85. The van der Waals surface area contributed by atoms with Crippen molar-refractivity contribution < 1.29 is 18.0 Å². The standard InChI is InChI=1S/C16H13NO4S/c1-2-17-22(20,21)13-9-5-8-12-14(13)16(19)11-7-4-3-6-10(11)15(12)18/h3-9,17H,2H2,1H3. The van der Waals surface area contributed by atoms with Gasteiger partial charge in [0.15, 0.2) is 11.6 Å². The second-order valence-electron chi connectivity index (χ2n) is 4.88. The molecule has 2 aromatic carbocycles. The van der Waals surface area contributed by atoms with Gasteiger partial charge in [0.2, 0.25) is 10.0 Å². The largest absolute Gasteiger partial charge is 0.289 e. The van der Waals surface area contributed by atoms with Crippen LogP contribution in [0.4, 0.5) is 0 Å². The molecule has 22 heavy (non-hydrogen) atoms. The molecule has 0 bridgehead atoms. The SMILES string of the molecule is CCNS(=O)(=O)c1cccc2c1C(=O)c1ccccc1C2=O. The summed E-state index contributed by atoms with van der Waals surface area (Å²) in [5.74, 6) is -0.777. The minimum atomic E-state index is -3.83. The van der Waals surface area contributed by atoms with Crippen LogP contribution in [0.5, 0.6) is 0 Å². The number of carbonyl (C=O) groups excluding carboxylic acids is 2. The van der Waals surface area contributed by atoms with Crippen molar-refractivity contribution in [2.75, 3.05) is 6.54 Å². The van der Waals surface area contributed by atoms with E-state index in [1.165, 1.54) is 24.3 Å². The average Bonchev–Trinajstić information content (AvgIpc) is 2.52. The minimum Gasteiger partial charge on any atom is -0.289 e. The highest BCUT2D eigenvalue weighted by Gasteiger charge is 2.34. The number of hydrogen-bond donors (Lipinski definition) is 1. The van der Waals surface area contributed by atoms with E-state index in [-0.39, 0.29) is 33.9 Å². The Morgan fingerprint density at radius 1 is 0.864 bits per heavy atom. The number of benzene rings is 2. The maximum absolute atomic E-state index is 12.7. The van der Waals surface area contributed by atoms with E-state index in [9.17, 15) is 18.0 Å². The normalized spacial score (nSPS) is 13.7. The lowest BCUT2D eigenvalue weighted by atomic mass is 9.84. The molecule has 0 aliphatic heterocycles. The molecule has 3 rings (SSSR count). The summed E-state index contributed by atoms with van der Waals surface area (Å²) in [6, 6.07) is 10.7. The Balaban J connectivity index is 2.31. The quantitative estimate of drug-likeness (QED) is 0.798. The van der Waals surface area contributed by atoms with Gasteiger partial charge in [-0.3, -0.25) is 9.59 Å². The van der Waals surface area contributed by atoms with E-state index < -0.39 is 15.8 Å². The Morgan fingerprint density at radius 2 is 1.45 bits per heavy atom. The third-order valence-corrected chi connectivity index (χ3v) is 5.13. The van der Waals surface area contributed by atoms with Crippen LogP contribution in [-0.4, -0.2) is 26.5 Å². The molecule has 0 radical (unpaired) electrons. The molecule has 0 aromatic heterocycles. The highest BCUT2D eigenvalue weighted by Crippen LogP contribution is 2.31. The van der Waals surface area contributed by atoms with Gasteiger partial charge < -0.3 is 0 Å². The molecule has 1 N–H and O–H groups in total. The molecule has 2 aromatic rings. The zero-order valence-electron chi connectivity index (χ0n) is 11.8. The summed E-state index contributed by atoms with van der Waals surface area (Å²) in [5.41, 5.74) is 0.618. The van der Waals surface area contributed by atoms with E-state index in [1.54, 1.807) is 25.1 Å². The summed E-state index contributed by atoms with van der Waals surface area (Å²) in [6.07, 6.45) is 0. The molecular weight excluding hydrogens is 302 g/mol. The molecule has 112 valence electrons. The highest BCUT2D eigenvalue weighted by atomic mass is 32.2. The molecule has 5 nitrogen and oxygen atoms in total. The van der Waals surface area contributed by atoms with Crippen LogP contribution in [0.3, 0.4) is 0 Å². The fourth-order valence-electron chi connectivity index (χ4n) is 2.61. The van der Waals surface area contributed by atoms with Crippen molar-refractivity contribution in [2.24, 2.45) is 0 Å². The van der Waals surface area contributed by atoms with Gasteiger partial charge in [-0.2, -0.15) is 0 Å². The first-order valence-corrected chi connectivity index (χ1v) is 8.27. The van der Waals surface area contributed by atoms with Crippen molar-refractivity contribution in [1.82, 2.24) is 4.72 Å². The van der Waals surface area contributed by atoms with E-state index in [0.29, 0.717) is 5.56 Å². The summed E-state index contributed by atoms with van der Waals surface area (Å²) in [5, 5.41) is 0. The van der Waals surface area contributed by atoms with E-state index in [2.05, 4.69) is 4.72 Å². The van der Waals surface area contributed by atoms with Crippen molar-refractivity contribution >= 4 is 21.6 Å². The average molecular weight is 315 g/mol. The summed E-state index contributed by atoms with van der Waals surface area (Å²) >= 11 is 0. The second-order valence-corrected chi connectivity index (χ2v) is 6.62. The molecule has 0 heterocycles. The third kappa shape index (κ3) is 2.08. The second kappa shape index (κ2) is 5.15. The number of hydrogen-bond acceptors (Lipinski definition) is 4. The number of ketones is 2. The Morgan fingerprint density at radius 3 is 2.09 bits per heavy atom. The summed E-state index contributed by atoms with van der Waals surface area (Å²) in [7, 11) is -3.83. The Kier molecular flexibility index (Phi) is 3.42. The summed E-state index contributed by atoms with van der Waals surface area (Å²) in [4.78, 5) is 25.1. The molecule has 0 spiro atoms. The van der Waals surface area contributed by atoms with Crippen LogP contribution in [0, 0.1) is 0 Å². The minimum absolute atomic E-state index is 0.0489. The van der Waals surface area contributed by atoms with Crippen molar-refractivity contribution in [2.45, 2.75) is 11.8 Å². The fourth-order valence-corrected chi connectivity index (χ4v) is 3.87. The lowest BCUT2D eigenvalue weighted by Crippen LogP contribution is -2.29. The molecule has 0 atom stereocenters. The Hall–Kier alpha value is -2.31. The Bertz CT molecular complexity index is 900. The highest BCUT2D eigenvalue weighted by molar-refractivity contribution is 7.89. The van der Waals surface area contributed by atoms with Gasteiger partial charge in [-0.05, 0) is 6.07 Å². The molecular formula is C16H13NO4S. The van der Waals surface area contributed by atoms with Crippen LogP contribution in [-0.2, 0) is 10.0 Å². The van der Waals surface area contributed by atoms with Gasteiger partial charge in [-0.1, -0.05) is 43.3 Å². The first-order chi connectivity index (χ1) is 10.5. The van der Waals surface area contributed by atoms with Gasteiger partial charge in [0.1, 0.15) is 0 Å². The molecule has 1 aliphatic rings. The lowest BCUT2D eigenvalue weighted by molar-refractivity contribution is 0.0976. The molecule has 0 amide bonds. The van der Waals surface area contributed by atoms with Gasteiger partial charge in [0.25, 0.3) is 0 Å². The molecule has 0 unspecified atom stereocenters. The van der Waals surface area contributed by atoms with E-state index in [1.807, 2.05) is 0 Å². The van der Waals surface area contributed by atoms with E-state index in [4.69, 9.17) is 0 Å². The number of sulfonamides is 1. The lowest BCUT2D eigenvalue weighted by Gasteiger charge is -2.19. The van der Waals surface area contributed by atoms with Crippen LogP contribution >= 0.6 is 0 Å². The van der Waals surface area contributed by atoms with Gasteiger partial charge in [0, 0.05) is 23.2 Å². The van der Waals surface area contributed by atoms with E-state index >= 15 is 0 Å². The molecule has 1 aliphatic carbocycles. The summed E-state index contributed by atoms with van der Waals surface area (Å²) < 4.78 is 26.9. The van der Waals surface area contributed by atoms with Crippen molar-refractivity contribution in [1.29, 1.82) is 0 Å². The zero-order valence-corrected chi connectivity index (χ0v) is 12.6. The number of carbonyl (C=O) groups is 2. The predicted molar refractivity (Wildman–Crippen MR) is 80.6 cm³/mol. The smallest absolute Gasteiger partial charge is 0.241 e. The first-order valence-electron chi connectivity index (χ1n) is 6.78. The molecule has 6 heteroatoms. The van der Waals surface area contributed by atoms with Gasteiger partial charge >= 0.3 is 0 Å². The fraction of sp³-hybridized carbons (Fsp3) is 0.125. The van der Waals surface area contributed by atoms with E-state index in [0.717, 1.165) is 0 Å². The van der Waals surface area contributed by atoms with Crippen LogP contribution in [0.15, 0.2) is 47.4 Å². The van der Waals surface area contributed by atoms with Crippen LogP contribution in [0.2, 0.25) is 0 Å². The number of fused-ring (bicyclic) bond motifs is 2. The predicted octanol–water partition coefficient (Wildman–Crippen LogP) is 1.76. The first kappa shape index (κ1) is 14.6. The molecule has 0 saturated carbocycles. The van der Waals surface area contributed by atoms with Gasteiger partial charge in [-0.15, -0.1) is 0 Å². The Labute approximate surface area is 128 Å². The topological polar surface area (TPSA) is 80.3 Å². The van der Waals surface area contributed by atoms with Crippen molar-refractivity contribution in [3.63, 3.8) is 0 Å². The number of nitrogens with one attached hydrogen (secondary N) is 1. The molecule has 0 saturated heterocycles. The van der Waals surface area contributed by atoms with Crippen molar-refractivity contribution in [3.05, 3.63) is 64.7 Å². The maximum atomic E-state index is 12.7. The monoisotopic (exact) mass is 315 g/mol. The van der Waals surface area contributed by atoms with Crippen LogP contribution < -0.4 is 4.72 Å². The number of rotatable bonds is 3. The maximum Gasteiger partial charge on any atom is 0.241 e. The molecule has 0 fully saturated rings. The van der Waals surface area contributed by atoms with Crippen molar-refractivity contribution in [3.8, 4) is 0 Å². The van der Waals surface area contributed by atoms with Crippen LogP contribution in [0.25, 0.3) is 0 Å².